The van der Waals surface area contributed by atoms with Crippen molar-refractivity contribution in [3.63, 3.8) is 0 Å². The van der Waals surface area contributed by atoms with Crippen LogP contribution < -0.4 is 5.56 Å². The van der Waals surface area contributed by atoms with Gasteiger partial charge in [-0.15, -0.1) is 0 Å². The monoisotopic (exact) mass is 321 g/mol. The second-order valence-corrected chi connectivity index (χ2v) is 5.85. The molecule has 0 N–H and O–H groups in total. The SMILES string of the molecule is CC(C)(C)OC(=O)Cn1cc(Br)cc(Cl)c1=O. The quantitative estimate of drug-likeness (QED) is 0.786. The van der Waals surface area contributed by atoms with E-state index in [-0.39, 0.29) is 11.6 Å². The first kappa shape index (κ1) is 14.3. The number of carbonyl (C=O) groups excluding carboxylic acids is 1. The van der Waals surface area contributed by atoms with Gasteiger partial charge in [0.25, 0.3) is 5.56 Å². The van der Waals surface area contributed by atoms with Gasteiger partial charge in [-0.3, -0.25) is 9.59 Å². The molecule has 1 rings (SSSR count). The largest absolute Gasteiger partial charge is 0.459 e. The molecule has 0 radical (unpaired) electrons. The van der Waals surface area contributed by atoms with Gasteiger partial charge in [-0.1, -0.05) is 11.6 Å². The van der Waals surface area contributed by atoms with Gasteiger partial charge in [0.1, 0.15) is 17.2 Å². The molecular formula is C11H13BrClNO3. The van der Waals surface area contributed by atoms with Gasteiger partial charge in [0.05, 0.1) is 0 Å². The third-order valence-corrected chi connectivity index (χ3v) is 2.43. The van der Waals surface area contributed by atoms with E-state index in [9.17, 15) is 9.59 Å². The Labute approximate surface area is 113 Å². The van der Waals surface area contributed by atoms with E-state index < -0.39 is 17.1 Å². The average Bonchev–Trinajstić information content (AvgIpc) is 2.10. The van der Waals surface area contributed by atoms with Crippen LogP contribution in [0.5, 0.6) is 0 Å². The van der Waals surface area contributed by atoms with E-state index in [0.717, 1.165) is 0 Å². The first-order chi connectivity index (χ1) is 7.69. The standard InChI is InChI=1S/C11H13BrClNO3/c1-11(2,3)17-9(15)6-14-5-7(12)4-8(13)10(14)16/h4-5H,6H2,1-3H3. The molecule has 0 bridgehead atoms. The molecule has 0 saturated heterocycles. The summed E-state index contributed by atoms with van der Waals surface area (Å²) in [4.78, 5) is 23.2. The van der Waals surface area contributed by atoms with Gasteiger partial charge < -0.3 is 9.30 Å². The maximum atomic E-state index is 11.6. The zero-order valence-electron chi connectivity index (χ0n) is 9.79. The Morgan fingerprint density at radius 2 is 2.12 bits per heavy atom. The third kappa shape index (κ3) is 4.52. The fraction of sp³-hybridized carbons (Fsp3) is 0.455. The molecule has 0 aliphatic carbocycles. The molecule has 17 heavy (non-hydrogen) atoms. The van der Waals surface area contributed by atoms with E-state index in [0.29, 0.717) is 4.47 Å². The number of ether oxygens (including phenoxy) is 1. The summed E-state index contributed by atoms with van der Waals surface area (Å²) in [5.41, 5.74) is -0.989. The van der Waals surface area contributed by atoms with E-state index in [1.807, 2.05) is 0 Å². The number of hydrogen-bond donors (Lipinski definition) is 0. The maximum absolute atomic E-state index is 11.6. The Hall–Kier alpha value is -0.810. The van der Waals surface area contributed by atoms with Crippen molar-refractivity contribution >= 4 is 33.5 Å². The molecule has 1 aromatic rings. The molecule has 0 amide bonds. The molecule has 1 aromatic heterocycles. The van der Waals surface area contributed by atoms with Crippen molar-refractivity contribution in [1.82, 2.24) is 4.57 Å². The fourth-order valence-electron chi connectivity index (χ4n) is 1.20. The summed E-state index contributed by atoms with van der Waals surface area (Å²) in [5, 5.41) is 0.0583. The third-order valence-electron chi connectivity index (χ3n) is 1.73. The van der Waals surface area contributed by atoms with Gasteiger partial charge in [-0.25, -0.2) is 0 Å². The van der Waals surface area contributed by atoms with Crippen LogP contribution in [0.1, 0.15) is 20.8 Å². The minimum Gasteiger partial charge on any atom is -0.459 e. The molecule has 0 fully saturated rings. The van der Waals surface area contributed by atoms with Crippen molar-refractivity contribution in [1.29, 1.82) is 0 Å². The molecule has 0 unspecified atom stereocenters. The van der Waals surface area contributed by atoms with E-state index in [1.165, 1.54) is 16.8 Å². The van der Waals surface area contributed by atoms with Crippen LogP contribution in [0.25, 0.3) is 0 Å². The van der Waals surface area contributed by atoms with Crippen molar-refractivity contribution < 1.29 is 9.53 Å². The molecule has 0 aliphatic rings. The Morgan fingerprint density at radius 3 is 2.65 bits per heavy atom. The van der Waals surface area contributed by atoms with Crippen LogP contribution in [0.15, 0.2) is 21.5 Å². The van der Waals surface area contributed by atoms with E-state index in [1.54, 1.807) is 20.8 Å². The first-order valence-corrected chi connectivity index (χ1v) is 6.13. The second-order valence-electron chi connectivity index (χ2n) is 4.53. The van der Waals surface area contributed by atoms with Crippen molar-refractivity contribution in [2.24, 2.45) is 0 Å². The molecule has 0 atom stereocenters. The van der Waals surface area contributed by atoms with Crippen molar-refractivity contribution in [2.45, 2.75) is 32.9 Å². The lowest BCUT2D eigenvalue weighted by atomic mass is 10.2. The summed E-state index contributed by atoms with van der Waals surface area (Å²) in [6.45, 7) is 5.14. The van der Waals surface area contributed by atoms with Crippen LogP contribution in [0.2, 0.25) is 5.02 Å². The van der Waals surface area contributed by atoms with Gasteiger partial charge >= 0.3 is 5.97 Å². The minimum atomic E-state index is -0.573. The zero-order chi connectivity index (χ0) is 13.2. The average molecular weight is 323 g/mol. The normalized spacial score (nSPS) is 11.4. The van der Waals surface area contributed by atoms with Gasteiger partial charge in [0.2, 0.25) is 0 Å². The van der Waals surface area contributed by atoms with E-state index in [2.05, 4.69) is 15.9 Å². The number of rotatable bonds is 2. The summed E-state index contributed by atoms with van der Waals surface area (Å²) in [5.74, 6) is -0.478. The van der Waals surface area contributed by atoms with Crippen molar-refractivity contribution in [3.05, 3.63) is 32.1 Å². The lowest BCUT2D eigenvalue weighted by Crippen LogP contribution is -2.30. The number of halogens is 2. The number of aromatic nitrogens is 1. The van der Waals surface area contributed by atoms with E-state index >= 15 is 0 Å². The Bertz CT molecular complexity index is 490. The van der Waals surface area contributed by atoms with Crippen LogP contribution in [0.3, 0.4) is 0 Å². The minimum absolute atomic E-state index is 0.0583. The summed E-state index contributed by atoms with van der Waals surface area (Å²) in [7, 11) is 0. The van der Waals surface area contributed by atoms with Crippen LogP contribution in [0.4, 0.5) is 0 Å². The smallest absolute Gasteiger partial charge is 0.326 e. The summed E-state index contributed by atoms with van der Waals surface area (Å²) < 4.78 is 6.96. The van der Waals surface area contributed by atoms with Crippen LogP contribution in [-0.4, -0.2) is 16.1 Å². The van der Waals surface area contributed by atoms with Gasteiger partial charge in [-0.2, -0.15) is 0 Å². The highest BCUT2D eigenvalue weighted by Gasteiger charge is 2.17. The molecule has 0 saturated carbocycles. The highest BCUT2D eigenvalue weighted by molar-refractivity contribution is 9.10. The Morgan fingerprint density at radius 1 is 1.53 bits per heavy atom. The lowest BCUT2D eigenvalue weighted by molar-refractivity contribution is -0.155. The highest BCUT2D eigenvalue weighted by atomic mass is 79.9. The lowest BCUT2D eigenvalue weighted by Gasteiger charge is -2.19. The van der Waals surface area contributed by atoms with Gasteiger partial charge in [-0.05, 0) is 42.8 Å². The molecular weight excluding hydrogens is 309 g/mol. The second kappa shape index (κ2) is 5.23. The summed E-state index contributed by atoms with van der Waals surface area (Å²) in [6.07, 6.45) is 1.50. The molecule has 0 aliphatic heterocycles. The maximum Gasteiger partial charge on any atom is 0.326 e. The Kier molecular flexibility index (Phi) is 4.38. The van der Waals surface area contributed by atoms with E-state index in [4.69, 9.17) is 16.3 Å². The fourth-order valence-corrected chi connectivity index (χ4v) is 2.03. The predicted octanol–water partition coefficient (Wildman–Crippen LogP) is 2.61. The highest BCUT2D eigenvalue weighted by Crippen LogP contribution is 2.13. The van der Waals surface area contributed by atoms with Crippen LogP contribution >= 0.6 is 27.5 Å². The predicted molar refractivity (Wildman–Crippen MR) is 69.3 cm³/mol. The van der Waals surface area contributed by atoms with Crippen molar-refractivity contribution in [2.75, 3.05) is 0 Å². The Balaban J connectivity index is 2.89. The van der Waals surface area contributed by atoms with Gasteiger partial charge in [0.15, 0.2) is 0 Å². The van der Waals surface area contributed by atoms with Crippen LogP contribution in [-0.2, 0) is 16.1 Å². The number of carbonyl (C=O) groups is 1. The van der Waals surface area contributed by atoms with Crippen molar-refractivity contribution in [3.8, 4) is 0 Å². The molecule has 0 aromatic carbocycles. The zero-order valence-corrected chi connectivity index (χ0v) is 12.1. The summed E-state index contributed by atoms with van der Waals surface area (Å²) >= 11 is 8.92. The first-order valence-electron chi connectivity index (χ1n) is 4.96. The van der Waals surface area contributed by atoms with Crippen LogP contribution in [0, 0.1) is 0 Å². The number of nitrogens with zero attached hydrogens (tertiary/aromatic N) is 1. The molecule has 94 valence electrons. The molecule has 4 nitrogen and oxygen atoms in total. The summed E-state index contributed by atoms with van der Waals surface area (Å²) in [6, 6.07) is 1.48. The molecule has 1 heterocycles. The number of pyridine rings is 1. The molecule has 0 spiro atoms. The number of hydrogen-bond acceptors (Lipinski definition) is 3. The number of esters is 1. The molecule has 6 heteroatoms. The topological polar surface area (TPSA) is 48.3 Å². The van der Waals surface area contributed by atoms with Gasteiger partial charge in [0, 0.05) is 10.7 Å².